The van der Waals surface area contributed by atoms with Gasteiger partial charge in [-0.2, -0.15) is 0 Å². The van der Waals surface area contributed by atoms with Crippen LogP contribution in [0.15, 0.2) is 41.0 Å². The highest BCUT2D eigenvalue weighted by Crippen LogP contribution is 2.39. The normalized spacial score (nSPS) is 21.0. The maximum Gasteiger partial charge on any atom is 0.237 e. The van der Waals surface area contributed by atoms with Crippen molar-refractivity contribution < 1.29 is 23.5 Å². The van der Waals surface area contributed by atoms with Crippen molar-refractivity contribution in [3.05, 3.63) is 47.9 Å². The van der Waals surface area contributed by atoms with Gasteiger partial charge in [-0.15, -0.1) is 0 Å². The molecule has 172 valence electrons. The zero-order valence-electron chi connectivity index (χ0n) is 18.7. The van der Waals surface area contributed by atoms with Gasteiger partial charge in [0.25, 0.3) is 0 Å². The Morgan fingerprint density at radius 3 is 2.72 bits per heavy atom. The van der Waals surface area contributed by atoms with Crippen LogP contribution < -0.4 is 14.8 Å². The summed E-state index contributed by atoms with van der Waals surface area (Å²) in [5.41, 5.74) is 0.965. The third-order valence-corrected chi connectivity index (χ3v) is 6.39. The smallest absolute Gasteiger partial charge is 0.237 e. The molecular formula is C24H31N3O5. The molecule has 0 bridgehead atoms. The zero-order chi connectivity index (χ0) is 22.5. The molecule has 2 amide bonds. The van der Waals surface area contributed by atoms with Gasteiger partial charge in [0.1, 0.15) is 17.3 Å². The number of likely N-dealkylation sites (tertiary alicyclic amines) is 2. The summed E-state index contributed by atoms with van der Waals surface area (Å²) in [6.45, 7) is 2.04. The lowest BCUT2D eigenvalue weighted by molar-refractivity contribution is -0.135. The Balaban J connectivity index is 1.41. The molecule has 1 aromatic heterocycles. The lowest BCUT2D eigenvalue weighted by Crippen LogP contribution is -2.47. The van der Waals surface area contributed by atoms with Crippen molar-refractivity contribution >= 4 is 11.8 Å². The minimum atomic E-state index is -0.290. The number of methoxy groups -OCH3 is 2. The summed E-state index contributed by atoms with van der Waals surface area (Å²) in [5.74, 6) is 2.20. The summed E-state index contributed by atoms with van der Waals surface area (Å²) in [6, 6.07) is 8.98. The minimum Gasteiger partial charge on any atom is -0.497 e. The van der Waals surface area contributed by atoms with Crippen LogP contribution in [-0.4, -0.2) is 61.5 Å². The number of carbonyl (C=O) groups is 2. The van der Waals surface area contributed by atoms with Crippen molar-refractivity contribution in [3.8, 4) is 11.5 Å². The molecule has 0 aliphatic carbocycles. The predicted octanol–water partition coefficient (Wildman–Crippen LogP) is 2.74. The third kappa shape index (κ3) is 4.75. The van der Waals surface area contributed by atoms with Gasteiger partial charge in [0.15, 0.2) is 0 Å². The molecule has 2 aromatic rings. The average Bonchev–Trinajstić information content (AvgIpc) is 3.58. The van der Waals surface area contributed by atoms with Crippen molar-refractivity contribution in [2.45, 2.75) is 44.3 Å². The molecule has 2 saturated heterocycles. The highest BCUT2D eigenvalue weighted by atomic mass is 16.5. The molecule has 2 unspecified atom stereocenters. The van der Waals surface area contributed by atoms with Gasteiger partial charge in [-0.25, -0.2) is 0 Å². The summed E-state index contributed by atoms with van der Waals surface area (Å²) in [4.78, 5) is 30.0. The maximum absolute atomic E-state index is 13.3. The third-order valence-electron chi connectivity index (χ3n) is 6.39. The number of furan rings is 1. The molecule has 32 heavy (non-hydrogen) atoms. The molecular weight excluding hydrogens is 410 g/mol. The molecule has 0 radical (unpaired) electrons. The summed E-state index contributed by atoms with van der Waals surface area (Å²) < 4.78 is 16.2. The Labute approximate surface area is 188 Å². The number of amides is 2. The van der Waals surface area contributed by atoms with E-state index >= 15 is 0 Å². The van der Waals surface area contributed by atoms with Gasteiger partial charge < -0.3 is 24.1 Å². The molecule has 8 nitrogen and oxygen atoms in total. The first kappa shape index (κ1) is 22.2. The zero-order valence-corrected chi connectivity index (χ0v) is 18.7. The van der Waals surface area contributed by atoms with Crippen LogP contribution in [0.5, 0.6) is 11.5 Å². The van der Waals surface area contributed by atoms with Crippen molar-refractivity contribution in [2.24, 2.45) is 0 Å². The van der Waals surface area contributed by atoms with Crippen LogP contribution in [-0.2, 0) is 16.1 Å². The van der Waals surface area contributed by atoms with E-state index in [9.17, 15) is 9.59 Å². The van der Waals surface area contributed by atoms with Crippen LogP contribution in [0.1, 0.15) is 43.0 Å². The van der Waals surface area contributed by atoms with E-state index < -0.39 is 0 Å². The highest BCUT2D eigenvalue weighted by Gasteiger charge is 2.36. The Morgan fingerprint density at radius 1 is 1.12 bits per heavy atom. The Kier molecular flexibility index (Phi) is 6.99. The van der Waals surface area contributed by atoms with Gasteiger partial charge in [-0.1, -0.05) is 0 Å². The van der Waals surface area contributed by atoms with E-state index in [4.69, 9.17) is 13.9 Å². The lowest BCUT2D eigenvalue weighted by Gasteiger charge is -2.30. The van der Waals surface area contributed by atoms with Crippen molar-refractivity contribution in [3.63, 3.8) is 0 Å². The first-order chi connectivity index (χ1) is 15.6. The molecule has 0 spiro atoms. The summed E-state index contributed by atoms with van der Waals surface area (Å²) in [7, 11) is 3.27. The minimum absolute atomic E-state index is 0.0445. The van der Waals surface area contributed by atoms with Crippen LogP contribution in [0.3, 0.4) is 0 Å². The predicted molar refractivity (Wildman–Crippen MR) is 118 cm³/mol. The molecule has 0 saturated carbocycles. The van der Waals surface area contributed by atoms with Gasteiger partial charge in [-0.3, -0.25) is 14.5 Å². The summed E-state index contributed by atoms with van der Waals surface area (Å²) >= 11 is 0. The fourth-order valence-electron chi connectivity index (χ4n) is 4.77. The van der Waals surface area contributed by atoms with Crippen LogP contribution >= 0.6 is 0 Å². The monoisotopic (exact) mass is 441 g/mol. The first-order valence-electron chi connectivity index (χ1n) is 11.2. The number of benzene rings is 1. The maximum atomic E-state index is 13.3. The Morgan fingerprint density at radius 2 is 1.97 bits per heavy atom. The number of hydrogen-bond donors (Lipinski definition) is 1. The van der Waals surface area contributed by atoms with E-state index in [0.29, 0.717) is 18.8 Å². The van der Waals surface area contributed by atoms with E-state index in [-0.39, 0.29) is 30.4 Å². The van der Waals surface area contributed by atoms with Crippen LogP contribution in [0, 0.1) is 0 Å². The number of nitrogens with zero attached hydrogens (tertiary/aromatic N) is 2. The number of rotatable bonds is 8. The molecule has 8 heteroatoms. The Bertz CT molecular complexity index is 930. The molecule has 1 aromatic carbocycles. The van der Waals surface area contributed by atoms with Crippen molar-refractivity contribution in [2.75, 3.05) is 33.9 Å². The van der Waals surface area contributed by atoms with Crippen molar-refractivity contribution in [1.29, 1.82) is 0 Å². The van der Waals surface area contributed by atoms with Crippen molar-refractivity contribution in [1.82, 2.24) is 15.1 Å². The van der Waals surface area contributed by atoms with Crippen LogP contribution in [0.4, 0.5) is 0 Å². The van der Waals surface area contributed by atoms with E-state index in [1.54, 1.807) is 26.5 Å². The van der Waals surface area contributed by atoms with Gasteiger partial charge in [-0.05, 0) is 62.6 Å². The SMILES string of the molecule is COc1ccc(OC)c(C2CCCN2C(=O)CN2CCCC2C(=O)NCc2ccco2)c1. The number of nitrogens with one attached hydrogen (secondary N) is 1. The summed E-state index contributed by atoms with van der Waals surface area (Å²) in [5, 5.41) is 2.93. The second-order valence-electron chi connectivity index (χ2n) is 8.28. The molecule has 2 fully saturated rings. The van der Waals surface area contributed by atoms with Crippen LogP contribution in [0.2, 0.25) is 0 Å². The average molecular weight is 442 g/mol. The van der Waals surface area contributed by atoms with E-state index in [2.05, 4.69) is 5.32 Å². The first-order valence-corrected chi connectivity index (χ1v) is 11.2. The number of ether oxygens (including phenoxy) is 2. The second kappa shape index (κ2) is 10.1. The number of hydrogen-bond acceptors (Lipinski definition) is 6. The van der Waals surface area contributed by atoms with Gasteiger partial charge in [0.05, 0.1) is 45.7 Å². The summed E-state index contributed by atoms with van der Waals surface area (Å²) in [6.07, 6.45) is 5.06. The standard InChI is InChI=1S/C24H31N3O5/c1-30-17-9-10-22(31-2)19(14-17)20-7-4-12-27(20)23(28)16-26-11-3-8-21(26)24(29)25-15-18-6-5-13-32-18/h5-6,9-10,13-14,20-21H,3-4,7-8,11-12,15-16H2,1-2H3,(H,25,29). The fraction of sp³-hybridized carbons (Fsp3) is 0.500. The molecule has 2 aliphatic rings. The lowest BCUT2D eigenvalue weighted by atomic mass is 10.0. The van der Waals surface area contributed by atoms with E-state index in [1.165, 1.54) is 0 Å². The van der Waals surface area contributed by atoms with Gasteiger partial charge in [0.2, 0.25) is 11.8 Å². The fourth-order valence-corrected chi connectivity index (χ4v) is 4.77. The van der Waals surface area contributed by atoms with E-state index in [1.807, 2.05) is 34.1 Å². The molecule has 4 rings (SSSR count). The quantitative estimate of drug-likeness (QED) is 0.678. The topological polar surface area (TPSA) is 84.2 Å². The van der Waals surface area contributed by atoms with Gasteiger partial charge in [0, 0.05) is 12.1 Å². The molecule has 2 atom stereocenters. The highest BCUT2D eigenvalue weighted by molar-refractivity contribution is 5.84. The second-order valence-corrected chi connectivity index (χ2v) is 8.28. The van der Waals surface area contributed by atoms with E-state index in [0.717, 1.165) is 49.3 Å². The number of carbonyl (C=O) groups excluding carboxylic acids is 2. The molecule has 2 aliphatic heterocycles. The molecule has 3 heterocycles. The van der Waals surface area contributed by atoms with Gasteiger partial charge >= 0.3 is 0 Å². The largest absolute Gasteiger partial charge is 0.497 e. The van der Waals surface area contributed by atoms with Crippen LogP contribution in [0.25, 0.3) is 0 Å². The molecule has 1 N–H and O–H groups in total. The Hall–Kier alpha value is -3.00.